The van der Waals surface area contributed by atoms with Gasteiger partial charge in [-0.1, -0.05) is 36.7 Å². The molecule has 140 valence electrons. The molecule has 5 nitrogen and oxygen atoms in total. The zero-order valence-electron chi connectivity index (χ0n) is 15.7. The summed E-state index contributed by atoms with van der Waals surface area (Å²) in [5.74, 6) is 0.362. The minimum Gasteiger partial charge on any atom is -0.309 e. The highest BCUT2D eigenvalue weighted by Crippen LogP contribution is 2.26. The Hall–Kier alpha value is -2.63. The van der Waals surface area contributed by atoms with Gasteiger partial charge in [-0.15, -0.1) is 0 Å². The van der Waals surface area contributed by atoms with Gasteiger partial charge >= 0.3 is 0 Å². The van der Waals surface area contributed by atoms with Gasteiger partial charge in [0.25, 0.3) is 0 Å². The molecule has 0 fully saturated rings. The summed E-state index contributed by atoms with van der Waals surface area (Å²) in [6.45, 7) is 7.08. The Morgan fingerprint density at radius 2 is 1.85 bits per heavy atom. The highest BCUT2D eigenvalue weighted by atomic mass is 35.5. The first-order valence-electron chi connectivity index (χ1n) is 8.91. The molecule has 0 atom stereocenters. The van der Waals surface area contributed by atoms with Crippen molar-refractivity contribution >= 4 is 23.5 Å². The van der Waals surface area contributed by atoms with Crippen LogP contribution >= 0.6 is 11.6 Å². The molecule has 0 radical (unpaired) electrons. The van der Waals surface area contributed by atoms with Crippen molar-refractivity contribution < 1.29 is 4.79 Å². The summed E-state index contributed by atoms with van der Waals surface area (Å²) in [4.78, 5) is 16.9. The number of carbonyl (C=O) groups is 1. The summed E-state index contributed by atoms with van der Waals surface area (Å²) in [7, 11) is 0. The van der Waals surface area contributed by atoms with E-state index in [1.165, 1.54) is 11.1 Å². The van der Waals surface area contributed by atoms with Gasteiger partial charge in [0.15, 0.2) is 0 Å². The van der Waals surface area contributed by atoms with Crippen LogP contribution in [-0.4, -0.2) is 28.5 Å². The van der Waals surface area contributed by atoms with Gasteiger partial charge in [-0.2, -0.15) is 0 Å². The van der Waals surface area contributed by atoms with E-state index in [4.69, 9.17) is 11.6 Å². The van der Waals surface area contributed by atoms with Crippen molar-refractivity contribution in [3.63, 3.8) is 0 Å². The first-order valence-corrected chi connectivity index (χ1v) is 9.29. The van der Waals surface area contributed by atoms with Crippen LogP contribution in [0.3, 0.4) is 0 Å². The Labute approximate surface area is 164 Å². The van der Waals surface area contributed by atoms with E-state index in [-0.39, 0.29) is 12.5 Å². The molecule has 1 amide bonds. The molecule has 0 saturated heterocycles. The minimum atomic E-state index is -0.129. The van der Waals surface area contributed by atoms with Crippen molar-refractivity contribution in [2.24, 2.45) is 0 Å². The monoisotopic (exact) mass is 382 g/mol. The lowest BCUT2D eigenvalue weighted by atomic mass is 10.1. The van der Waals surface area contributed by atoms with Gasteiger partial charge in [0.05, 0.1) is 12.2 Å². The van der Waals surface area contributed by atoms with Crippen LogP contribution < -0.4 is 10.6 Å². The van der Waals surface area contributed by atoms with Crippen molar-refractivity contribution in [3.8, 4) is 16.9 Å². The largest absolute Gasteiger partial charge is 0.309 e. The normalized spacial score (nSPS) is 10.8. The van der Waals surface area contributed by atoms with Crippen LogP contribution in [0.25, 0.3) is 16.9 Å². The number of nitrogens with zero attached hydrogens (tertiary/aromatic N) is 2. The molecule has 1 aromatic heterocycles. The number of amides is 1. The van der Waals surface area contributed by atoms with E-state index in [1.54, 1.807) is 0 Å². The number of benzene rings is 2. The fourth-order valence-electron chi connectivity index (χ4n) is 2.71. The fourth-order valence-corrected chi connectivity index (χ4v) is 2.83. The highest BCUT2D eigenvalue weighted by Gasteiger charge is 2.14. The molecule has 0 aliphatic heterocycles. The number of halogens is 1. The maximum absolute atomic E-state index is 12.2. The van der Waals surface area contributed by atoms with E-state index in [2.05, 4.69) is 41.6 Å². The van der Waals surface area contributed by atoms with Crippen LogP contribution in [0.1, 0.15) is 18.1 Å². The van der Waals surface area contributed by atoms with Gasteiger partial charge in [0.1, 0.15) is 0 Å². The smallest absolute Gasteiger partial charge is 0.240 e. The summed E-state index contributed by atoms with van der Waals surface area (Å²) >= 11 is 5.99. The van der Waals surface area contributed by atoms with Crippen molar-refractivity contribution in [1.29, 1.82) is 0 Å². The number of hydrogen-bond acceptors (Lipinski definition) is 3. The summed E-state index contributed by atoms with van der Waals surface area (Å²) in [6, 6.07) is 13.7. The molecule has 3 aromatic rings. The Kier molecular flexibility index (Phi) is 5.94. The topological polar surface area (TPSA) is 59.0 Å². The molecule has 0 bridgehead atoms. The van der Waals surface area contributed by atoms with E-state index >= 15 is 0 Å². The molecule has 3 rings (SSSR count). The van der Waals surface area contributed by atoms with Crippen LogP contribution in [0.15, 0.2) is 48.7 Å². The Balaban J connectivity index is 2.01. The second kappa shape index (κ2) is 8.37. The average Bonchev–Trinajstić information content (AvgIpc) is 3.06. The molecule has 27 heavy (non-hydrogen) atoms. The first-order chi connectivity index (χ1) is 13.0. The number of nitrogens with one attached hydrogen (secondary N) is 2. The van der Waals surface area contributed by atoms with Gasteiger partial charge < -0.3 is 5.32 Å². The van der Waals surface area contributed by atoms with Gasteiger partial charge in [-0.25, -0.2) is 4.98 Å². The van der Waals surface area contributed by atoms with Crippen LogP contribution in [0, 0.1) is 13.8 Å². The molecule has 0 saturated carbocycles. The van der Waals surface area contributed by atoms with Gasteiger partial charge in [-0.3, -0.25) is 14.7 Å². The molecule has 0 aliphatic carbocycles. The van der Waals surface area contributed by atoms with E-state index in [1.807, 2.05) is 48.0 Å². The number of carbonyl (C=O) groups excluding carboxylic acids is 1. The lowest BCUT2D eigenvalue weighted by Gasteiger charge is -2.10. The summed E-state index contributed by atoms with van der Waals surface area (Å²) < 4.78 is 1.90. The number of imidazole rings is 1. The van der Waals surface area contributed by atoms with E-state index in [0.717, 1.165) is 23.5 Å². The maximum atomic E-state index is 12.2. The van der Waals surface area contributed by atoms with Crippen LogP contribution in [0.4, 0.5) is 5.95 Å². The van der Waals surface area contributed by atoms with Gasteiger partial charge in [0.2, 0.25) is 11.9 Å². The molecule has 6 heteroatoms. The van der Waals surface area contributed by atoms with Crippen molar-refractivity contribution in [2.45, 2.75) is 20.8 Å². The van der Waals surface area contributed by atoms with Crippen LogP contribution in [0.5, 0.6) is 0 Å². The van der Waals surface area contributed by atoms with E-state index in [0.29, 0.717) is 11.0 Å². The van der Waals surface area contributed by atoms with Crippen molar-refractivity contribution in [2.75, 3.05) is 18.4 Å². The zero-order chi connectivity index (χ0) is 19.4. The molecule has 0 unspecified atom stereocenters. The lowest BCUT2D eigenvalue weighted by Crippen LogP contribution is -2.28. The van der Waals surface area contributed by atoms with Crippen molar-refractivity contribution in [3.05, 3.63) is 64.8 Å². The van der Waals surface area contributed by atoms with E-state index < -0.39 is 0 Å². The predicted molar refractivity (Wildman–Crippen MR) is 111 cm³/mol. The molecule has 2 aromatic carbocycles. The predicted octanol–water partition coefficient (Wildman–Crippen LogP) is 4.36. The highest BCUT2D eigenvalue weighted by molar-refractivity contribution is 6.30. The van der Waals surface area contributed by atoms with Gasteiger partial charge in [0, 0.05) is 22.5 Å². The summed E-state index contributed by atoms with van der Waals surface area (Å²) in [5.41, 5.74) is 5.05. The summed E-state index contributed by atoms with van der Waals surface area (Å²) in [6.07, 6.45) is 1.93. The number of likely N-dealkylation sites (N-methyl/N-ethyl adjacent to an activating group) is 1. The number of hydrogen-bond donors (Lipinski definition) is 2. The third-order valence-corrected chi connectivity index (χ3v) is 4.65. The lowest BCUT2D eigenvalue weighted by molar-refractivity contribution is -0.115. The van der Waals surface area contributed by atoms with Gasteiger partial charge in [-0.05, 0) is 55.8 Å². The number of aromatic nitrogens is 2. The molecule has 0 aliphatic rings. The quantitative estimate of drug-likeness (QED) is 0.666. The third kappa shape index (κ3) is 4.56. The molecule has 0 spiro atoms. The Bertz CT molecular complexity index is 947. The third-order valence-electron chi connectivity index (χ3n) is 4.40. The second-order valence-corrected chi connectivity index (χ2v) is 6.86. The fraction of sp³-hybridized carbons (Fsp3) is 0.238. The second-order valence-electron chi connectivity index (χ2n) is 6.42. The van der Waals surface area contributed by atoms with Crippen LogP contribution in [0.2, 0.25) is 5.02 Å². The zero-order valence-corrected chi connectivity index (χ0v) is 16.5. The average molecular weight is 383 g/mol. The Morgan fingerprint density at radius 3 is 2.52 bits per heavy atom. The molecule has 1 heterocycles. The molecule has 2 N–H and O–H groups in total. The molecular formula is C21H23ClN4O. The number of aryl methyl sites for hydroxylation is 2. The SMILES string of the molecule is CCNCC(=O)Nc1nc(-c2ccc(Cl)cc2)cn1-c1ccc(C)c(C)c1. The maximum Gasteiger partial charge on any atom is 0.240 e. The number of rotatable bonds is 6. The number of anilines is 1. The molecular weight excluding hydrogens is 360 g/mol. The summed E-state index contributed by atoms with van der Waals surface area (Å²) in [5, 5.41) is 6.60. The minimum absolute atomic E-state index is 0.129. The Morgan fingerprint density at radius 1 is 1.11 bits per heavy atom. The van der Waals surface area contributed by atoms with Crippen LogP contribution in [-0.2, 0) is 4.79 Å². The van der Waals surface area contributed by atoms with E-state index in [9.17, 15) is 4.79 Å². The standard InChI is InChI=1S/C21H23ClN4O/c1-4-23-12-20(27)25-21-24-19(16-6-8-17(22)9-7-16)13-26(21)18-10-5-14(2)15(3)11-18/h5-11,13,23H,4,12H2,1-3H3,(H,24,25,27). The first kappa shape index (κ1) is 19.1. The van der Waals surface area contributed by atoms with Crippen molar-refractivity contribution in [1.82, 2.24) is 14.9 Å².